The average Bonchev–Trinajstić information content (AvgIpc) is 3.49. The highest BCUT2D eigenvalue weighted by atomic mass is 16.2. The number of carbonyl (C=O) groups is 1. The molecule has 178 valence electrons. The number of piperidine rings is 1. The molecule has 1 saturated heterocycles. The minimum absolute atomic E-state index is 0.246. The van der Waals surface area contributed by atoms with Gasteiger partial charge in [0, 0.05) is 31.3 Å². The number of carbonyl (C=O) groups excluding carboxylic acids is 1. The summed E-state index contributed by atoms with van der Waals surface area (Å²) in [5.41, 5.74) is 3.19. The van der Waals surface area contributed by atoms with Crippen molar-refractivity contribution in [3.05, 3.63) is 71.8 Å². The minimum atomic E-state index is 0.246. The number of nitrogens with zero attached hydrogens (tertiary/aromatic N) is 7. The summed E-state index contributed by atoms with van der Waals surface area (Å²) in [6, 6.07) is 18.8. The molecule has 1 fully saturated rings. The smallest absolute Gasteiger partial charge is 0.258 e. The number of para-hydroxylation sites is 1. The zero-order chi connectivity index (χ0) is 23.8. The maximum absolute atomic E-state index is 12.9. The van der Waals surface area contributed by atoms with Gasteiger partial charge >= 0.3 is 0 Å². The molecule has 0 spiro atoms. The summed E-state index contributed by atoms with van der Waals surface area (Å²) in [4.78, 5) is 19.5. The van der Waals surface area contributed by atoms with Crippen LogP contribution in [0.25, 0.3) is 22.3 Å². The molecule has 35 heavy (non-hydrogen) atoms. The molecule has 3 aromatic heterocycles. The van der Waals surface area contributed by atoms with E-state index in [1.807, 2.05) is 30.0 Å². The van der Waals surface area contributed by atoms with Gasteiger partial charge in [0.25, 0.3) is 5.78 Å². The first-order valence-electron chi connectivity index (χ1n) is 12.5. The van der Waals surface area contributed by atoms with Gasteiger partial charge in [0.1, 0.15) is 11.6 Å². The van der Waals surface area contributed by atoms with Crippen LogP contribution in [0.3, 0.4) is 0 Å². The molecule has 8 heteroatoms. The highest BCUT2D eigenvalue weighted by molar-refractivity contribution is 5.93. The summed E-state index contributed by atoms with van der Waals surface area (Å²) in [6.45, 7) is 3.60. The van der Waals surface area contributed by atoms with Gasteiger partial charge in [0.2, 0.25) is 5.91 Å². The Bertz CT molecular complexity index is 1500. The van der Waals surface area contributed by atoms with Gasteiger partial charge in [-0.15, -0.1) is 15.3 Å². The van der Waals surface area contributed by atoms with E-state index in [0.717, 1.165) is 61.1 Å². The lowest BCUT2D eigenvalue weighted by atomic mass is 9.90. The number of likely N-dealkylation sites (tertiary alicyclic amines) is 1. The van der Waals surface area contributed by atoms with Gasteiger partial charge in [-0.25, -0.2) is 4.98 Å². The van der Waals surface area contributed by atoms with Crippen LogP contribution in [-0.2, 0) is 17.6 Å². The van der Waals surface area contributed by atoms with Crippen molar-refractivity contribution in [2.75, 3.05) is 13.1 Å². The van der Waals surface area contributed by atoms with Crippen molar-refractivity contribution in [1.82, 2.24) is 34.1 Å². The zero-order valence-electron chi connectivity index (χ0n) is 20.0. The van der Waals surface area contributed by atoms with Crippen LogP contribution < -0.4 is 0 Å². The Hall–Kier alpha value is -3.81. The number of hydrogen-bond acceptors (Lipinski definition) is 5. The second kappa shape index (κ2) is 9.09. The van der Waals surface area contributed by atoms with Crippen LogP contribution >= 0.6 is 0 Å². The van der Waals surface area contributed by atoms with E-state index in [4.69, 9.17) is 0 Å². The van der Waals surface area contributed by atoms with E-state index in [-0.39, 0.29) is 5.91 Å². The number of aryl methyl sites for hydroxylation is 2. The lowest BCUT2D eigenvalue weighted by Crippen LogP contribution is -2.38. The van der Waals surface area contributed by atoms with Crippen molar-refractivity contribution < 1.29 is 4.79 Å². The Labute approximate surface area is 203 Å². The second-order valence-corrected chi connectivity index (χ2v) is 9.53. The lowest BCUT2D eigenvalue weighted by molar-refractivity contribution is -0.132. The van der Waals surface area contributed by atoms with Crippen molar-refractivity contribution in [3.63, 3.8) is 0 Å². The van der Waals surface area contributed by atoms with Crippen molar-refractivity contribution in [3.8, 4) is 0 Å². The molecule has 0 aliphatic carbocycles. The van der Waals surface area contributed by atoms with Crippen molar-refractivity contribution in [2.45, 2.75) is 45.4 Å². The van der Waals surface area contributed by atoms with E-state index < -0.39 is 0 Å². The summed E-state index contributed by atoms with van der Waals surface area (Å²) < 4.78 is 3.81. The summed E-state index contributed by atoms with van der Waals surface area (Å²) in [6.07, 6.45) is 5.21. The van der Waals surface area contributed by atoms with Crippen molar-refractivity contribution >= 4 is 28.2 Å². The highest BCUT2D eigenvalue weighted by Crippen LogP contribution is 2.24. The molecule has 6 rings (SSSR count). The fourth-order valence-electron chi connectivity index (χ4n) is 5.33. The topological polar surface area (TPSA) is 80.7 Å². The summed E-state index contributed by atoms with van der Waals surface area (Å²) in [5, 5.41) is 14.4. The van der Waals surface area contributed by atoms with E-state index in [1.54, 1.807) is 4.52 Å². The Morgan fingerprint density at radius 3 is 2.60 bits per heavy atom. The maximum atomic E-state index is 12.9. The summed E-state index contributed by atoms with van der Waals surface area (Å²) >= 11 is 0. The van der Waals surface area contributed by atoms with Crippen LogP contribution in [0.4, 0.5) is 0 Å². The van der Waals surface area contributed by atoms with E-state index in [1.165, 1.54) is 5.56 Å². The molecule has 8 nitrogen and oxygen atoms in total. The average molecular weight is 468 g/mol. The zero-order valence-corrected chi connectivity index (χ0v) is 20.0. The van der Waals surface area contributed by atoms with Crippen LogP contribution in [0, 0.1) is 12.8 Å². The van der Waals surface area contributed by atoms with E-state index >= 15 is 0 Å². The van der Waals surface area contributed by atoms with Crippen molar-refractivity contribution in [1.29, 1.82) is 0 Å². The predicted molar refractivity (Wildman–Crippen MR) is 134 cm³/mol. The van der Waals surface area contributed by atoms with E-state index in [0.29, 0.717) is 30.4 Å². The Morgan fingerprint density at radius 2 is 1.77 bits per heavy atom. The van der Waals surface area contributed by atoms with Crippen molar-refractivity contribution in [2.24, 2.45) is 5.92 Å². The fourth-order valence-corrected chi connectivity index (χ4v) is 5.33. The Balaban J connectivity index is 1.11. The molecular formula is C27H29N7O. The molecule has 5 aromatic rings. The van der Waals surface area contributed by atoms with Gasteiger partial charge in [-0.3, -0.25) is 9.20 Å². The Morgan fingerprint density at radius 1 is 1.00 bits per heavy atom. The number of rotatable bonds is 6. The van der Waals surface area contributed by atoms with Crippen LogP contribution in [0.2, 0.25) is 0 Å². The third-order valence-electron chi connectivity index (χ3n) is 7.13. The molecule has 1 aliphatic rings. The molecule has 0 N–H and O–H groups in total. The standard InChI is InChI=1S/C27H29N7O/c1-19-28-26-22-10-5-6-11-23(22)33-24(29-30-27(33)34(26)31-19)12-7-13-25(35)32-16-14-21(15-17-32)18-20-8-3-2-4-9-20/h2-6,8-11,21H,7,12-18H2,1H3. The number of aromatic nitrogens is 6. The molecular weight excluding hydrogens is 438 g/mol. The molecule has 2 aromatic carbocycles. The highest BCUT2D eigenvalue weighted by Gasteiger charge is 2.23. The molecule has 0 bridgehead atoms. The van der Waals surface area contributed by atoms with Gasteiger partial charge in [0.15, 0.2) is 5.65 Å². The third-order valence-corrected chi connectivity index (χ3v) is 7.13. The van der Waals surface area contributed by atoms with Gasteiger partial charge in [0.05, 0.1) is 5.52 Å². The molecule has 4 heterocycles. The number of amides is 1. The van der Waals surface area contributed by atoms with E-state index in [9.17, 15) is 4.79 Å². The third kappa shape index (κ3) is 4.13. The quantitative estimate of drug-likeness (QED) is 0.377. The van der Waals surface area contributed by atoms with Crippen LogP contribution in [-0.4, -0.2) is 53.1 Å². The first-order chi connectivity index (χ1) is 17.2. The molecule has 0 saturated carbocycles. The van der Waals surface area contributed by atoms with Gasteiger partial charge in [-0.2, -0.15) is 4.52 Å². The Kier molecular flexibility index (Phi) is 5.64. The molecule has 0 unspecified atom stereocenters. The molecule has 1 aliphatic heterocycles. The first kappa shape index (κ1) is 21.7. The largest absolute Gasteiger partial charge is 0.343 e. The van der Waals surface area contributed by atoms with Gasteiger partial charge in [-0.05, 0) is 56.2 Å². The normalized spacial score (nSPS) is 14.9. The van der Waals surface area contributed by atoms with Gasteiger partial charge in [-0.1, -0.05) is 42.5 Å². The number of fused-ring (bicyclic) bond motifs is 6. The summed E-state index contributed by atoms with van der Waals surface area (Å²) in [5.74, 6) is 3.11. The monoisotopic (exact) mass is 467 g/mol. The molecule has 0 atom stereocenters. The van der Waals surface area contributed by atoms with Crippen LogP contribution in [0.15, 0.2) is 54.6 Å². The minimum Gasteiger partial charge on any atom is -0.343 e. The number of hydrogen-bond donors (Lipinski definition) is 0. The second-order valence-electron chi connectivity index (χ2n) is 9.53. The van der Waals surface area contributed by atoms with Crippen LogP contribution in [0.5, 0.6) is 0 Å². The molecule has 1 amide bonds. The fraction of sp³-hybridized carbons (Fsp3) is 0.370. The lowest BCUT2D eigenvalue weighted by Gasteiger charge is -2.32. The van der Waals surface area contributed by atoms with Gasteiger partial charge < -0.3 is 4.90 Å². The van der Waals surface area contributed by atoms with Crippen LogP contribution in [0.1, 0.15) is 42.9 Å². The summed E-state index contributed by atoms with van der Waals surface area (Å²) in [7, 11) is 0. The number of benzene rings is 2. The predicted octanol–water partition coefficient (Wildman–Crippen LogP) is 4.04. The first-order valence-corrected chi connectivity index (χ1v) is 12.5. The molecule has 0 radical (unpaired) electrons. The maximum Gasteiger partial charge on any atom is 0.258 e. The SMILES string of the molecule is Cc1nc2c3ccccc3n3c(CCCC(=O)N4CCC(Cc5ccccc5)CC4)nnc3n2n1. The van der Waals surface area contributed by atoms with E-state index in [2.05, 4.69) is 61.1 Å².